The first-order valence-corrected chi connectivity index (χ1v) is 8.74. The normalized spacial score (nSPS) is 10.4. The number of nitrogens with zero attached hydrogens (tertiary/aromatic N) is 3. The monoisotopic (exact) mass is 385 g/mol. The third kappa shape index (κ3) is 4.55. The Morgan fingerprint density at radius 2 is 1.63 bits per heavy atom. The van der Waals surface area contributed by atoms with Crippen LogP contribution in [0, 0.1) is 0 Å². The molecule has 3 heterocycles. The van der Waals surface area contributed by atoms with Crippen molar-refractivity contribution in [2.75, 3.05) is 11.9 Å². The summed E-state index contributed by atoms with van der Waals surface area (Å²) < 4.78 is 0. The smallest absolute Gasteiger partial charge is 0.279 e. The van der Waals surface area contributed by atoms with Crippen LogP contribution in [0.2, 0.25) is 0 Å². The van der Waals surface area contributed by atoms with Gasteiger partial charge in [-0.05, 0) is 24.3 Å². The van der Waals surface area contributed by atoms with Crippen LogP contribution in [0.1, 0.15) is 26.7 Å². The second kappa shape index (κ2) is 8.23. The topological polar surface area (TPSA) is 137 Å². The van der Waals surface area contributed by atoms with Crippen molar-refractivity contribution in [2.24, 2.45) is 0 Å². The fourth-order valence-corrected chi connectivity index (χ4v) is 2.91. The molecule has 4 N–H and O–H groups in total. The maximum absolute atomic E-state index is 12.1. The number of pyridine rings is 2. The van der Waals surface area contributed by atoms with Crippen LogP contribution in [0.4, 0.5) is 5.13 Å². The number of hydrogen-bond donors (Lipinski definition) is 4. The minimum Gasteiger partial charge on any atom is -0.505 e. The van der Waals surface area contributed by atoms with E-state index in [2.05, 4.69) is 25.6 Å². The maximum Gasteiger partial charge on any atom is 0.279 e. The molecule has 0 saturated heterocycles. The van der Waals surface area contributed by atoms with Gasteiger partial charge < -0.3 is 15.5 Å². The molecule has 3 aromatic heterocycles. The van der Waals surface area contributed by atoms with E-state index < -0.39 is 11.8 Å². The van der Waals surface area contributed by atoms with E-state index in [4.69, 9.17) is 0 Å². The molecule has 0 aliphatic rings. The molecule has 0 bridgehead atoms. The van der Waals surface area contributed by atoms with Crippen LogP contribution in [0.15, 0.2) is 42.0 Å². The molecule has 27 heavy (non-hydrogen) atoms. The number of carbonyl (C=O) groups excluding carboxylic acids is 2. The molecule has 0 atom stereocenters. The Labute approximate surface area is 157 Å². The maximum atomic E-state index is 12.1. The largest absolute Gasteiger partial charge is 0.505 e. The molecule has 3 aromatic rings. The van der Waals surface area contributed by atoms with Crippen LogP contribution in [-0.4, -0.2) is 43.5 Å². The molecule has 0 radical (unpaired) electrons. The zero-order chi connectivity index (χ0) is 19.2. The van der Waals surface area contributed by atoms with Crippen molar-refractivity contribution < 1.29 is 19.8 Å². The van der Waals surface area contributed by atoms with Gasteiger partial charge in [-0.25, -0.2) is 15.0 Å². The molecule has 10 heteroatoms. The third-order valence-electron chi connectivity index (χ3n) is 3.44. The van der Waals surface area contributed by atoms with Gasteiger partial charge in [0.1, 0.15) is 11.5 Å². The van der Waals surface area contributed by atoms with E-state index >= 15 is 0 Å². The molecule has 9 nitrogen and oxygen atoms in total. The first kappa shape index (κ1) is 18.3. The molecule has 0 aliphatic heterocycles. The summed E-state index contributed by atoms with van der Waals surface area (Å²) in [6, 6.07) is 5.81. The van der Waals surface area contributed by atoms with E-state index in [1.54, 1.807) is 5.38 Å². The lowest BCUT2D eigenvalue weighted by atomic mass is 10.3. The molecule has 0 fully saturated rings. The minimum atomic E-state index is -0.562. The summed E-state index contributed by atoms with van der Waals surface area (Å²) in [6.45, 7) is 0.285. The van der Waals surface area contributed by atoms with Crippen molar-refractivity contribution in [3.8, 4) is 11.5 Å². The van der Waals surface area contributed by atoms with Gasteiger partial charge in [0.15, 0.2) is 16.5 Å². The molecule has 2 amide bonds. The molecular formula is C17H15N5O4S. The van der Waals surface area contributed by atoms with Gasteiger partial charge in [0.25, 0.3) is 11.8 Å². The van der Waals surface area contributed by atoms with Crippen LogP contribution >= 0.6 is 11.3 Å². The number of nitrogens with one attached hydrogen (secondary N) is 2. The lowest BCUT2D eigenvalue weighted by Gasteiger charge is -2.04. The van der Waals surface area contributed by atoms with Crippen molar-refractivity contribution in [3.63, 3.8) is 0 Å². The van der Waals surface area contributed by atoms with Gasteiger partial charge in [-0.3, -0.25) is 14.9 Å². The van der Waals surface area contributed by atoms with E-state index in [1.165, 1.54) is 48.0 Å². The Kier molecular flexibility index (Phi) is 5.57. The quantitative estimate of drug-likeness (QED) is 0.505. The predicted octanol–water partition coefficient (Wildman–Crippen LogP) is 1.57. The highest BCUT2D eigenvalue weighted by atomic mass is 32.1. The van der Waals surface area contributed by atoms with Crippen LogP contribution in [0.5, 0.6) is 11.5 Å². The van der Waals surface area contributed by atoms with Crippen molar-refractivity contribution in [2.45, 2.75) is 6.42 Å². The Morgan fingerprint density at radius 3 is 2.26 bits per heavy atom. The second-order valence-corrected chi connectivity index (χ2v) is 6.20. The zero-order valence-corrected chi connectivity index (χ0v) is 14.7. The fourth-order valence-electron chi connectivity index (χ4n) is 2.17. The van der Waals surface area contributed by atoms with E-state index in [1.807, 2.05) is 0 Å². The average molecular weight is 385 g/mol. The Hall–Kier alpha value is -3.53. The SMILES string of the molecule is O=C(NCCc1csc(NC(=O)c2ncccc2O)n1)c1ncccc1O. The summed E-state index contributed by atoms with van der Waals surface area (Å²) in [4.78, 5) is 35.9. The zero-order valence-electron chi connectivity index (χ0n) is 13.9. The number of carbonyl (C=O) groups is 2. The summed E-state index contributed by atoms with van der Waals surface area (Å²) in [5.41, 5.74) is 0.543. The molecular weight excluding hydrogens is 370 g/mol. The molecule has 0 saturated carbocycles. The van der Waals surface area contributed by atoms with Gasteiger partial charge in [-0.2, -0.15) is 0 Å². The van der Waals surface area contributed by atoms with Crippen molar-refractivity contribution >= 4 is 28.3 Å². The summed E-state index contributed by atoms with van der Waals surface area (Å²) >= 11 is 1.22. The summed E-state index contributed by atoms with van der Waals surface area (Å²) in [6.07, 6.45) is 3.26. The fraction of sp³-hybridized carbons (Fsp3) is 0.118. The molecule has 0 aliphatic carbocycles. The van der Waals surface area contributed by atoms with Crippen LogP contribution in [-0.2, 0) is 6.42 Å². The van der Waals surface area contributed by atoms with Gasteiger partial charge in [0.2, 0.25) is 0 Å². The van der Waals surface area contributed by atoms with Crippen molar-refractivity contribution in [3.05, 3.63) is 59.1 Å². The van der Waals surface area contributed by atoms with E-state index in [9.17, 15) is 19.8 Å². The van der Waals surface area contributed by atoms with E-state index in [0.717, 1.165) is 0 Å². The molecule has 0 aromatic carbocycles. The van der Waals surface area contributed by atoms with Gasteiger partial charge in [0.05, 0.1) is 5.69 Å². The van der Waals surface area contributed by atoms with Gasteiger partial charge in [-0.1, -0.05) is 0 Å². The number of thiazole rings is 1. The summed E-state index contributed by atoms with van der Waals surface area (Å²) in [7, 11) is 0. The molecule has 0 unspecified atom stereocenters. The number of amides is 2. The van der Waals surface area contributed by atoms with Gasteiger partial charge >= 0.3 is 0 Å². The van der Waals surface area contributed by atoms with Gasteiger partial charge in [-0.15, -0.1) is 11.3 Å². The molecule has 138 valence electrons. The van der Waals surface area contributed by atoms with E-state index in [0.29, 0.717) is 17.2 Å². The second-order valence-electron chi connectivity index (χ2n) is 5.35. The lowest BCUT2D eigenvalue weighted by molar-refractivity contribution is 0.0945. The van der Waals surface area contributed by atoms with Crippen LogP contribution in [0.25, 0.3) is 0 Å². The molecule has 0 spiro atoms. The number of anilines is 1. The Balaban J connectivity index is 1.53. The highest BCUT2D eigenvalue weighted by molar-refractivity contribution is 7.14. The Bertz CT molecular complexity index is 975. The highest BCUT2D eigenvalue weighted by Gasteiger charge is 2.15. The lowest BCUT2D eigenvalue weighted by Crippen LogP contribution is -2.26. The summed E-state index contributed by atoms with van der Waals surface area (Å²) in [5.74, 6) is -1.45. The highest BCUT2D eigenvalue weighted by Crippen LogP contribution is 2.19. The van der Waals surface area contributed by atoms with Gasteiger partial charge in [0, 0.05) is 30.7 Å². The number of rotatable bonds is 6. The first-order chi connectivity index (χ1) is 13.0. The third-order valence-corrected chi connectivity index (χ3v) is 4.25. The Morgan fingerprint density at radius 1 is 1.00 bits per heavy atom. The number of hydrogen-bond acceptors (Lipinski definition) is 8. The predicted molar refractivity (Wildman–Crippen MR) is 97.9 cm³/mol. The minimum absolute atomic E-state index is 0.0427. The van der Waals surface area contributed by atoms with Crippen LogP contribution < -0.4 is 10.6 Å². The summed E-state index contributed by atoms with van der Waals surface area (Å²) in [5, 5.41) is 26.6. The number of aromatic hydroxyl groups is 2. The van der Waals surface area contributed by atoms with Crippen molar-refractivity contribution in [1.82, 2.24) is 20.3 Å². The number of aromatic nitrogens is 3. The van der Waals surface area contributed by atoms with Crippen molar-refractivity contribution in [1.29, 1.82) is 0 Å². The standard InChI is InChI=1S/C17H15N5O4S/c23-11-3-1-6-18-13(11)15(25)20-8-5-10-9-27-17(21-10)22-16(26)14-12(24)4-2-7-19-14/h1-4,6-7,9,23-24H,5,8H2,(H,20,25)(H,21,22,26). The average Bonchev–Trinajstić information content (AvgIpc) is 3.09. The van der Waals surface area contributed by atoms with Crippen LogP contribution in [0.3, 0.4) is 0 Å². The van der Waals surface area contributed by atoms with E-state index in [-0.39, 0.29) is 29.4 Å². The first-order valence-electron chi connectivity index (χ1n) is 7.86. The molecule has 3 rings (SSSR count).